The molecule has 2 aromatic heterocycles. The largest absolute Gasteiger partial charge is 0.346 e. The Kier molecular flexibility index (Phi) is 5.55. The van der Waals surface area contributed by atoms with E-state index in [1.54, 1.807) is 22.3 Å². The summed E-state index contributed by atoms with van der Waals surface area (Å²) in [6.07, 6.45) is 5.96. The highest BCUT2D eigenvalue weighted by atomic mass is 32.1. The van der Waals surface area contributed by atoms with Gasteiger partial charge in [0.25, 0.3) is 0 Å². The third kappa shape index (κ3) is 3.87. The van der Waals surface area contributed by atoms with Gasteiger partial charge in [0.15, 0.2) is 0 Å². The fourth-order valence-corrected chi connectivity index (χ4v) is 3.87. The van der Waals surface area contributed by atoms with E-state index in [1.165, 1.54) is 10.4 Å². The van der Waals surface area contributed by atoms with Gasteiger partial charge in [-0.15, -0.1) is 11.3 Å². The van der Waals surface area contributed by atoms with Gasteiger partial charge in [-0.05, 0) is 36.1 Å². The first-order valence-electron chi connectivity index (χ1n) is 8.51. The van der Waals surface area contributed by atoms with Crippen LogP contribution >= 0.6 is 11.3 Å². The number of rotatable bonds is 6. The molecule has 0 aliphatic rings. The van der Waals surface area contributed by atoms with Crippen molar-refractivity contribution < 1.29 is 4.79 Å². The molecule has 132 valence electrons. The number of nitriles is 1. The summed E-state index contributed by atoms with van der Waals surface area (Å²) in [4.78, 5) is 15.4. The molecule has 2 heterocycles. The maximum absolute atomic E-state index is 12.5. The predicted octanol–water partition coefficient (Wildman–Crippen LogP) is 4.60. The van der Waals surface area contributed by atoms with Gasteiger partial charge in [0.05, 0.1) is 19.0 Å². The fourth-order valence-electron chi connectivity index (χ4n) is 2.91. The number of carbonyl (C=O) groups excluding carboxylic acids is 1. The molecule has 0 spiro atoms. The summed E-state index contributed by atoms with van der Waals surface area (Å²) in [5.41, 5.74) is 3.30. The fraction of sp³-hybridized carbons (Fsp3) is 0.238. The summed E-state index contributed by atoms with van der Waals surface area (Å²) in [5.74, 6) is -0.0216. The van der Waals surface area contributed by atoms with Gasteiger partial charge >= 0.3 is 0 Å². The number of nitrogens with zero attached hydrogens (tertiary/aromatic N) is 3. The lowest BCUT2D eigenvalue weighted by Crippen LogP contribution is -2.23. The van der Waals surface area contributed by atoms with Crippen molar-refractivity contribution in [2.24, 2.45) is 0 Å². The molecule has 1 amide bonds. The van der Waals surface area contributed by atoms with Crippen LogP contribution in [0.4, 0.5) is 0 Å². The number of thiophene rings is 1. The Morgan fingerprint density at radius 3 is 2.88 bits per heavy atom. The molecule has 3 rings (SSSR count). The molecule has 0 radical (unpaired) electrons. The van der Waals surface area contributed by atoms with Crippen molar-refractivity contribution in [3.63, 3.8) is 0 Å². The molecule has 4 nitrogen and oxygen atoms in total. The maximum atomic E-state index is 12.5. The van der Waals surface area contributed by atoms with E-state index in [0.717, 1.165) is 16.5 Å². The molecular weight excluding hydrogens is 342 g/mol. The zero-order valence-corrected chi connectivity index (χ0v) is 15.8. The van der Waals surface area contributed by atoms with E-state index in [9.17, 15) is 4.79 Å². The SMILES string of the molecule is Cc1ccsc1CN(C)C(=O)/C=C/c1cn(CCC#N)c2ccccc12. The number of likely N-dealkylation sites (N-methyl/N-ethyl adjacent to an activating group) is 1. The topological polar surface area (TPSA) is 49.0 Å². The van der Waals surface area contributed by atoms with Crippen LogP contribution in [0.3, 0.4) is 0 Å². The average Bonchev–Trinajstić information content (AvgIpc) is 3.21. The van der Waals surface area contributed by atoms with Gasteiger partial charge in [-0.2, -0.15) is 5.26 Å². The van der Waals surface area contributed by atoms with E-state index in [1.807, 2.05) is 43.6 Å². The van der Waals surface area contributed by atoms with Crippen molar-refractivity contribution in [1.29, 1.82) is 5.26 Å². The second-order valence-corrected chi connectivity index (χ2v) is 7.26. The van der Waals surface area contributed by atoms with Crippen LogP contribution in [0.25, 0.3) is 17.0 Å². The summed E-state index contributed by atoms with van der Waals surface area (Å²) in [5, 5.41) is 12.0. The molecule has 26 heavy (non-hydrogen) atoms. The Hall–Kier alpha value is -2.84. The van der Waals surface area contributed by atoms with Gasteiger partial charge in [-0.1, -0.05) is 18.2 Å². The van der Waals surface area contributed by atoms with Gasteiger partial charge in [0.1, 0.15) is 0 Å². The van der Waals surface area contributed by atoms with E-state index in [2.05, 4.69) is 29.0 Å². The van der Waals surface area contributed by atoms with E-state index in [-0.39, 0.29) is 5.91 Å². The van der Waals surface area contributed by atoms with Crippen molar-refractivity contribution >= 4 is 34.2 Å². The van der Waals surface area contributed by atoms with Gasteiger partial charge in [-0.25, -0.2) is 0 Å². The van der Waals surface area contributed by atoms with Crippen molar-refractivity contribution in [3.8, 4) is 6.07 Å². The van der Waals surface area contributed by atoms with E-state index in [4.69, 9.17) is 5.26 Å². The van der Waals surface area contributed by atoms with Gasteiger partial charge in [0, 0.05) is 47.2 Å². The van der Waals surface area contributed by atoms with E-state index >= 15 is 0 Å². The minimum Gasteiger partial charge on any atom is -0.346 e. The zero-order valence-electron chi connectivity index (χ0n) is 15.0. The number of aromatic nitrogens is 1. The molecule has 0 saturated carbocycles. The average molecular weight is 363 g/mol. The third-order valence-electron chi connectivity index (χ3n) is 4.41. The minimum absolute atomic E-state index is 0.0216. The number of hydrogen-bond acceptors (Lipinski definition) is 3. The van der Waals surface area contributed by atoms with Crippen LogP contribution in [-0.4, -0.2) is 22.4 Å². The van der Waals surface area contributed by atoms with Gasteiger partial charge in [0.2, 0.25) is 5.91 Å². The number of para-hydroxylation sites is 1. The zero-order chi connectivity index (χ0) is 18.5. The smallest absolute Gasteiger partial charge is 0.246 e. The van der Waals surface area contributed by atoms with Crippen molar-refractivity contribution in [2.45, 2.75) is 26.4 Å². The van der Waals surface area contributed by atoms with Crippen LogP contribution in [0.1, 0.15) is 22.4 Å². The maximum Gasteiger partial charge on any atom is 0.246 e. The molecule has 5 heteroatoms. The summed E-state index contributed by atoms with van der Waals surface area (Å²) < 4.78 is 2.07. The number of amides is 1. The second-order valence-electron chi connectivity index (χ2n) is 6.26. The number of aryl methyl sites for hydroxylation is 2. The van der Waals surface area contributed by atoms with Crippen molar-refractivity contribution in [1.82, 2.24) is 9.47 Å². The van der Waals surface area contributed by atoms with E-state index < -0.39 is 0 Å². The minimum atomic E-state index is -0.0216. The summed E-state index contributed by atoms with van der Waals surface area (Å²) in [7, 11) is 1.82. The molecule has 3 aromatic rings. The van der Waals surface area contributed by atoms with Crippen molar-refractivity contribution in [2.75, 3.05) is 7.05 Å². The number of hydrogen-bond donors (Lipinski definition) is 0. The Bertz CT molecular complexity index is 990. The molecule has 0 saturated heterocycles. The highest BCUT2D eigenvalue weighted by molar-refractivity contribution is 7.10. The third-order valence-corrected chi connectivity index (χ3v) is 5.42. The number of fused-ring (bicyclic) bond motifs is 1. The molecule has 0 atom stereocenters. The molecule has 0 aliphatic heterocycles. The quantitative estimate of drug-likeness (QED) is 0.601. The lowest BCUT2D eigenvalue weighted by atomic mass is 10.1. The first kappa shape index (κ1) is 18.0. The Balaban J connectivity index is 1.78. The van der Waals surface area contributed by atoms with Crippen LogP contribution in [0, 0.1) is 18.3 Å². The molecule has 0 N–H and O–H groups in total. The summed E-state index contributed by atoms with van der Waals surface area (Å²) >= 11 is 1.67. The monoisotopic (exact) mass is 363 g/mol. The Morgan fingerprint density at radius 1 is 1.35 bits per heavy atom. The first-order chi connectivity index (χ1) is 12.6. The van der Waals surface area contributed by atoms with Crippen LogP contribution in [0.15, 0.2) is 48.0 Å². The molecule has 0 aliphatic carbocycles. The van der Waals surface area contributed by atoms with Gasteiger partial charge < -0.3 is 9.47 Å². The lowest BCUT2D eigenvalue weighted by molar-refractivity contribution is -0.125. The highest BCUT2D eigenvalue weighted by Gasteiger charge is 2.10. The normalized spacial score (nSPS) is 11.1. The summed E-state index contributed by atoms with van der Waals surface area (Å²) in [6, 6.07) is 12.3. The van der Waals surface area contributed by atoms with Gasteiger partial charge in [-0.3, -0.25) is 4.79 Å². The van der Waals surface area contributed by atoms with Crippen LogP contribution in [0.2, 0.25) is 0 Å². The van der Waals surface area contributed by atoms with Crippen LogP contribution in [0.5, 0.6) is 0 Å². The molecule has 0 unspecified atom stereocenters. The van der Waals surface area contributed by atoms with Crippen LogP contribution in [-0.2, 0) is 17.9 Å². The number of carbonyl (C=O) groups is 1. The van der Waals surface area contributed by atoms with Crippen LogP contribution < -0.4 is 0 Å². The molecular formula is C21H21N3OS. The highest BCUT2D eigenvalue weighted by Crippen LogP contribution is 2.23. The molecule has 0 fully saturated rings. The van der Waals surface area contributed by atoms with E-state index in [0.29, 0.717) is 19.5 Å². The first-order valence-corrected chi connectivity index (χ1v) is 9.39. The molecule has 1 aromatic carbocycles. The van der Waals surface area contributed by atoms with Crippen molar-refractivity contribution in [3.05, 3.63) is 64.0 Å². The predicted molar refractivity (Wildman–Crippen MR) is 107 cm³/mol. The Morgan fingerprint density at radius 2 is 2.15 bits per heavy atom. The Labute approximate surface area is 157 Å². The lowest BCUT2D eigenvalue weighted by Gasteiger charge is -2.14. The second kappa shape index (κ2) is 8.03. The standard InChI is InChI=1S/C21H21N3OS/c1-16-10-13-26-20(16)15-23(2)21(25)9-8-17-14-24(12-5-11-22)19-7-4-3-6-18(17)19/h3-4,6-10,13-14H,5,12,15H2,1-2H3/b9-8+. The summed E-state index contributed by atoms with van der Waals surface area (Å²) in [6.45, 7) is 3.34. The molecule has 0 bridgehead atoms. The number of benzene rings is 1.